The van der Waals surface area contributed by atoms with Crippen molar-refractivity contribution in [3.8, 4) is 0 Å². The molecular weight excluding hydrogens is 252 g/mol. The maximum atomic E-state index is 6.48. The summed E-state index contributed by atoms with van der Waals surface area (Å²) in [6.45, 7) is 0. The van der Waals surface area contributed by atoms with Crippen molar-refractivity contribution >= 4 is 22.9 Å². The highest BCUT2D eigenvalue weighted by Crippen LogP contribution is 2.37. The van der Waals surface area contributed by atoms with E-state index in [0.717, 1.165) is 10.8 Å². The van der Waals surface area contributed by atoms with Gasteiger partial charge in [-0.25, -0.2) is 0 Å². The van der Waals surface area contributed by atoms with Crippen LogP contribution in [0.25, 0.3) is 0 Å². The molecule has 2 nitrogen and oxygen atoms in total. The van der Waals surface area contributed by atoms with E-state index in [2.05, 4.69) is 25.1 Å². The second kappa shape index (κ2) is 5.27. The van der Waals surface area contributed by atoms with Gasteiger partial charge in [0.25, 0.3) is 0 Å². The van der Waals surface area contributed by atoms with Gasteiger partial charge in [-0.05, 0) is 45.5 Å². The summed E-state index contributed by atoms with van der Waals surface area (Å²) in [7, 11) is 4.32. The summed E-state index contributed by atoms with van der Waals surface area (Å²) in [6, 6.07) is 4.27. The first-order chi connectivity index (χ1) is 8.04. The maximum absolute atomic E-state index is 6.48. The smallest absolute Gasteiger partial charge is 0.0931 e. The van der Waals surface area contributed by atoms with E-state index in [0.29, 0.717) is 0 Å². The molecule has 2 N–H and O–H groups in total. The van der Waals surface area contributed by atoms with Crippen LogP contribution in [0.15, 0.2) is 12.1 Å². The molecule has 1 fully saturated rings. The van der Waals surface area contributed by atoms with E-state index < -0.39 is 0 Å². The first-order valence-corrected chi connectivity index (χ1v) is 7.41. The van der Waals surface area contributed by atoms with E-state index in [9.17, 15) is 0 Å². The van der Waals surface area contributed by atoms with Crippen molar-refractivity contribution in [1.82, 2.24) is 4.90 Å². The third-order valence-electron chi connectivity index (χ3n) is 4.10. The number of halogens is 1. The van der Waals surface area contributed by atoms with Gasteiger partial charge >= 0.3 is 0 Å². The molecule has 1 heterocycles. The lowest BCUT2D eigenvalue weighted by Gasteiger charge is -2.41. The average Bonchev–Trinajstić information content (AvgIpc) is 2.87. The molecule has 1 unspecified atom stereocenters. The summed E-state index contributed by atoms with van der Waals surface area (Å²) in [5.41, 5.74) is 6.67. The third kappa shape index (κ3) is 2.68. The Morgan fingerprint density at radius 1 is 1.41 bits per heavy atom. The van der Waals surface area contributed by atoms with Crippen molar-refractivity contribution < 1.29 is 0 Å². The van der Waals surface area contributed by atoms with Crippen LogP contribution in [0, 0.1) is 0 Å². The van der Waals surface area contributed by atoms with Gasteiger partial charge in [-0.3, -0.25) is 0 Å². The predicted molar refractivity (Wildman–Crippen MR) is 75.9 cm³/mol. The molecule has 2 rings (SSSR count). The number of nitrogens with zero attached hydrogens (tertiary/aromatic N) is 1. The van der Waals surface area contributed by atoms with Crippen molar-refractivity contribution in [3.05, 3.63) is 21.3 Å². The summed E-state index contributed by atoms with van der Waals surface area (Å²) in [6.07, 6.45) is 5.99. The van der Waals surface area contributed by atoms with Gasteiger partial charge in [-0.15, -0.1) is 11.3 Å². The van der Waals surface area contributed by atoms with Crippen LogP contribution in [0.4, 0.5) is 0 Å². The van der Waals surface area contributed by atoms with Gasteiger partial charge in [0.2, 0.25) is 0 Å². The fraction of sp³-hybridized carbons (Fsp3) is 0.692. The quantitative estimate of drug-likeness (QED) is 0.912. The first-order valence-electron chi connectivity index (χ1n) is 6.22. The molecule has 1 aliphatic carbocycles. The summed E-state index contributed by atoms with van der Waals surface area (Å²) < 4.78 is 0.859. The lowest BCUT2D eigenvalue weighted by Crippen LogP contribution is -2.56. The molecule has 0 aromatic carbocycles. The zero-order valence-corrected chi connectivity index (χ0v) is 12.2. The SMILES string of the molecule is CN(C)C1(C(N)Cc2ccc(Cl)s2)CCCC1. The van der Waals surface area contributed by atoms with Crippen LogP contribution in [0.2, 0.25) is 4.34 Å². The Morgan fingerprint density at radius 2 is 2.06 bits per heavy atom. The molecule has 1 aliphatic rings. The number of hydrogen-bond donors (Lipinski definition) is 1. The average molecular weight is 273 g/mol. The Bertz CT molecular complexity index is 369. The summed E-state index contributed by atoms with van der Waals surface area (Å²) in [4.78, 5) is 3.63. The molecule has 1 saturated carbocycles. The molecule has 0 bridgehead atoms. The van der Waals surface area contributed by atoms with Crippen molar-refractivity contribution in [3.63, 3.8) is 0 Å². The lowest BCUT2D eigenvalue weighted by molar-refractivity contribution is 0.123. The minimum Gasteiger partial charge on any atom is -0.326 e. The fourth-order valence-corrected chi connectivity index (χ4v) is 4.15. The van der Waals surface area contributed by atoms with Gasteiger partial charge < -0.3 is 10.6 Å². The normalized spacial score (nSPS) is 21.0. The molecular formula is C13H21ClN2S. The van der Waals surface area contributed by atoms with Crippen LogP contribution < -0.4 is 5.73 Å². The van der Waals surface area contributed by atoms with E-state index in [4.69, 9.17) is 17.3 Å². The Kier molecular flexibility index (Phi) is 4.14. The summed E-state index contributed by atoms with van der Waals surface area (Å²) in [5, 5.41) is 0. The third-order valence-corrected chi connectivity index (χ3v) is 5.35. The molecule has 0 saturated heterocycles. The zero-order valence-electron chi connectivity index (χ0n) is 10.6. The lowest BCUT2D eigenvalue weighted by atomic mass is 9.85. The molecule has 1 aromatic rings. The van der Waals surface area contributed by atoms with Crippen molar-refractivity contribution in [1.29, 1.82) is 0 Å². The molecule has 0 spiro atoms. The van der Waals surface area contributed by atoms with Gasteiger partial charge in [0.15, 0.2) is 0 Å². The van der Waals surface area contributed by atoms with Crippen LogP contribution in [0.3, 0.4) is 0 Å². The Labute approximate surface area is 113 Å². The Morgan fingerprint density at radius 3 is 2.53 bits per heavy atom. The minimum absolute atomic E-state index is 0.191. The van der Waals surface area contributed by atoms with E-state index in [1.54, 1.807) is 11.3 Å². The Hall–Kier alpha value is -0.0900. The second-order valence-corrected chi connectivity index (χ2v) is 7.02. The monoisotopic (exact) mass is 272 g/mol. The molecule has 0 amide bonds. The number of nitrogens with two attached hydrogens (primary N) is 1. The van der Waals surface area contributed by atoms with Crippen LogP contribution in [-0.2, 0) is 6.42 Å². The van der Waals surface area contributed by atoms with E-state index in [1.807, 2.05) is 6.07 Å². The minimum atomic E-state index is 0.191. The largest absolute Gasteiger partial charge is 0.326 e. The van der Waals surface area contributed by atoms with Gasteiger partial charge in [0.1, 0.15) is 0 Å². The van der Waals surface area contributed by atoms with Gasteiger partial charge in [-0.1, -0.05) is 24.4 Å². The van der Waals surface area contributed by atoms with Crippen LogP contribution in [0.5, 0.6) is 0 Å². The molecule has 0 radical (unpaired) electrons. The highest BCUT2D eigenvalue weighted by molar-refractivity contribution is 7.16. The Balaban J connectivity index is 2.09. The van der Waals surface area contributed by atoms with Crippen molar-refractivity contribution in [2.45, 2.75) is 43.7 Å². The molecule has 1 atom stereocenters. The number of rotatable bonds is 4. The second-order valence-electron chi connectivity index (χ2n) is 5.22. The maximum Gasteiger partial charge on any atom is 0.0931 e. The number of hydrogen-bond acceptors (Lipinski definition) is 3. The molecule has 4 heteroatoms. The highest BCUT2D eigenvalue weighted by Gasteiger charge is 2.41. The molecule has 17 heavy (non-hydrogen) atoms. The zero-order chi connectivity index (χ0) is 12.5. The van der Waals surface area contributed by atoms with Crippen LogP contribution >= 0.6 is 22.9 Å². The van der Waals surface area contributed by atoms with Crippen LogP contribution in [0.1, 0.15) is 30.6 Å². The number of thiophene rings is 1. The summed E-state index contributed by atoms with van der Waals surface area (Å²) >= 11 is 7.62. The van der Waals surface area contributed by atoms with Crippen molar-refractivity contribution in [2.75, 3.05) is 14.1 Å². The van der Waals surface area contributed by atoms with Crippen molar-refractivity contribution in [2.24, 2.45) is 5.73 Å². The fourth-order valence-electron chi connectivity index (χ4n) is 3.01. The molecule has 0 aliphatic heterocycles. The summed E-state index contributed by atoms with van der Waals surface area (Å²) in [5.74, 6) is 0. The van der Waals surface area contributed by atoms with Gasteiger partial charge in [0, 0.05) is 16.5 Å². The topological polar surface area (TPSA) is 29.3 Å². The van der Waals surface area contributed by atoms with Gasteiger partial charge in [-0.2, -0.15) is 0 Å². The highest BCUT2D eigenvalue weighted by atomic mass is 35.5. The molecule has 1 aromatic heterocycles. The predicted octanol–water partition coefficient (Wildman–Crippen LogP) is 3.15. The number of likely N-dealkylation sites (N-methyl/N-ethyl adjacent to an activating group) is 1. The van der Waals surface area contributed by atoms with Crippen LogP contribution in [-0.4, -0.2) is 30.6 Å². The van der Waals surface area contributed by atoms with E-state index in [-0.39, 0.29) is 11.6 Å². The first kappa shape index (κ1) is 13.3. The van der Waals surface area contributed by atoms with E-state index >= 15 is 0 Å². The standard InChI is InChI=1S/C13H21ClN2S/c1-16(2)13(7-3-4-8-13)11(15)9-10-5-6-12(14)17-10/h5-6,11H,3-4,7-9,15H2,1-2H3. The molecule has 96 valence electrons. The van der Waals surface area contributed by atoms with Gasteiger partial charge in [0.05, 0.1) is 4.34 Å². The van der Waals surface area contributed by atoms with E-state index in [1.165, 1.54) is 30.6 Å².